The van der Waals surface area contributed by atoms with E-state index in [1.165, 1.54) is 18.2 Å². The lowest BCUT2D eigenvalue weighted by molar-refractivity contribution is -0.149. The fourth-order valence-corrected chi connectivity index (χ4v) is 2.88. The van der Waals surface area contributed by atoms with Crippen molar-refractivity contribution in [3.05, 3.63) is 35.4 Å². The van der Waals surface area contributed by atoms with Gasteiger partial charge in [-0.25, -0.2) is 0 Å². The van der Waals surface area contributed by atoms with E-state index in [2.05, 4.69) is 36.5 Å². The molecule has 1 aromatic rings. The summed E-state index contributed by atoms with van der Waals surface area (Å²) in [6.07, 6.45) is 1.86. The van der Waals surface area contributed by atoms with Crippen LogP contribution in [-0.4, -0.2) is 25.2 Å². The Balaban J connectivity index is 2.22. The second kappa shape index (κ2) is 5.11. The molecule has 18 heavy (non-hydrogen) atoms. The van der Waals surface area contributed by atoms with E-state index >= 15 is 0 Å². The molecule has 98 valence electrons. The van der Waals surface area contributed by atoms with Crippen LogP contribution in [0.5, 0.6) is 0 Å². The summed E-state index contributed by atoms with van der Waals surface area (Å²) in [6.45, 7) is 4.92. The van der Waals surface area contributed by atoms with E-state index in [1.54, 1.807) is 0 Å². The van der Waals surface area contributed by atoms with Gasteiger partial charge >= 0.3 is 5.97 Å². The minimum absolute atomic E-state index is 0.166. The maximum absolute atomic E-state index is 11.9. The lowest BCUT2D eigenvalue weighted by Gasteiger charge is -2.37. The van der Waals surface area contributed by atoms with E-state index in [4.69, 9.17) is 4.74 Å². The van der Waals surface area contributed by atoms with Crippen LogP contribution in [0.1, 0.15) is 36.8 Å². The highest BCUT2D eigenvalue weighted by Crippen LogP contribution is 2.34. The van der Waals surface area contributed by atoms with Crippen molar-refractivity contribution in [1.82, 2.24) is 5.32 Å². The number of carbonyl (C=O) groups excluding carboxylic acids is 1. The van der Waals surface area contributed by atoms with E-state index in [1.807, 2.05) is 6.92 Å². The SMILES string of the molecule is COC(=O)C1(C)CC(c2ccccc2C)CCN1. The number of carbonyl (C=O) groups is 1. The van der Waals surface area contributed by atoms with Gasteiger partial charge in [0.05, 0.1) is 7.11 Å². The zero-order valence-electron chi connectivity index (χ0n) is 11.3. The molecule has 0 radical (unpaired) electrons. The van der Waals surface area contributed by atoms with E-state index in [0.29, 0.717) is 5.92 Å². The number of piperidine rings is 1. The van der Waals surface area contributed by atoms with Gasteiger partial charge in [0.2, 0.25) is 0 Å². The number of methoxy groups -OCH3 is 1. The van der Waals surface area contributed by atoms with Crippen molar-refractivity contribution in [3.8, 4) is 0 Å². The normalized spacial score (nSPS) is 27.8. The van der Waals surface area contributed by atoms with Crippen LogP contribution < -0.4 is 5.32 Å². The summed E-state index contributed by atoms with van der Waals surface area (Å²) < 4.78 is 4.91. The smallest absolute Gasteiger partial charge is 0.325 e. The van der Waals surface area contributed by atoms with Crippen molar-refractivity contribution in [2.24, 2.45) is 0 Å². The predicted molar refractivity (Wildman–Crippen MR) is 71.6 cm³/mol. The quantitative estimate of drug-likeness (QED) is 0.816. The molecule has 0 spiro atoms. The monoisotopic (exact) mass is 247 g/mol. The van der Waals surface area contributed by atoms with Crippen LogP contribution in [-0.2, 0) is 9.53 Å². The van der Waals surface area contributed by atoms with Crippen molar-refractivity contribution < 1.29 is 9.53 Å². The summed E-state index contributed by atoms with van der Waals surface area (Å²) in [7, 11) is 1.45. The molecule has 1 saturated heterocycles. The highest BCUT2D eigenvalue weighted by molar-refractivity contribution is 5.80. The number of benzene rings is 1. The molecule has 1 heterocycles. The molecular weight excluding hydrogens is 226 g/mol. The van der Waals surface area contributed by atoms with Gasteiger partial charge in [-0.15, -0.1) is 0 Å². The van der Waals surface area contributed by atoms with Crippen LogP contribution in [0, 0.1) is 6.92 Å². The minimum Gasteiger partial charge on any atom is -0.468 e. The van der Waals surface area contributed by atoms with Crippen molar-refractivity contribution in [2.75, 3.05) is 13.7 Å². The molecule has 1 aliphatic heterocycles. The number of hydrogen-bond donors (Lipinski definition) is 1. The van der Waals surface area contributed by atoms with Crippen LogP contribution in [0.3, 0.4) is 0 Å². The van der Waals surface area contributed by atoms with Crippen molar-refractivity contribution in [1.29, 1.82) is 0 Å². The van der Waals surface area contributed by atoms with Gasteiger partial charge in [-0.1, -0.05) is 24.3 Å². The van der Waals surface area contributed by atoms with Crippen LogP contribution in [0.25, 0.3) is 0 Å². The Kier molecular flexibility index (Phi) is 3.71. The van der Waals surface area contributed by atoms with Crippen molar-refractivity contribution in [3.63, 3.8) is 0 Å². The Hall–Kier alpha value is -1.35. The lowest BCUT2D eigenvalue weighted by atomic mass is 9.78. The summed E-state index contributed by atoms with van der Waals surface area (Å²) in [6, 6.07) is 8.43. The molecule has 1 aliphatic rings. The highest BCUT2D eigenvalue weighted by Gasteiger charge is 2.39. The molecule has 0 saturated carbocycles. The molecule has 0 aromatic heterocycles. The van der Waals surface area contributed by atoms with Gasteiger partial charge in [0.1, 0.15) is 5.54 Å². The molecule has 3 nitrogen and oxygen atoms in total. The summed E-state index contributed by atoms with van der Waals surface area (Å²) in [5.74, 6) is 0.261. The maximum Gasteiger partial charge on any atom is 0.325 e. The molecule has 1 N–H and O–H groups in total. The van der Waals surface area contributed by atoms with Gasteiger partial charge in [0.15, 0.2) is 0 Å². The van der Waals surface area contributed by atoms with E-state index in [9.17, 15) is 4.79 Å². The molecule has 1 aromatic carbocycles. The summed E-state index contributed by atoms with van der Waals surface area (Å²) in [5, 5.41) is 3.29. The first kappa shape index (κ1) is 13.1. The Morgan fingerprint density at radius 2 is 2.17 bits per heavy atom. The lowest BCUT2D eigenvalue weighted by Crippen LogP contribution is -2.54. The zero-order chi connectivity index (χ0) is 13.2. The number of esters is 1. The van der Waals surface area contributed by atoms with Crippen LogP contribution in [0.15, 0.2) is 24.3 Å². The third kappa shape index (κ3) is 2.41. The molecule has 0 bridgehead atoms. The first-order valence-electron chi connectivity index (χ1n) is 6.46. The second-order valence-corrected chi connectivity index (χ2v) is 5.30. The van der Waals surface area contributed by atoms with Crippen LogP contribution in [0.4, 0.5) is 0 Å². The van der Waals surface area contributed by atoms with E-state index < -0.39 is 5.54 Å². The molecule has 2 rings (SSSR count). The summed E-state index contributed by atoms with van der Waals surface area (Å²) in [5.41, 5.74) is 2.10. The standard InChI is InChI=1S/C15H21NO2/c1-11-6-4-5-7-13(11)12-8-9-16-15(2,10-12)14(17)18-3/h4-7,12,16H,8-10H2,1-3H3. The Morgan fingerprint density at radius 3 is 2.83 bits per heavy atom. The first-order valence-corrected chi connectivity index (χ1v) is 6.46. The Labute approximate surface area is 109 Å². The average Bonchev–Trinajstić information content (AvgIpc) is 2.38. The van der Waals surface area contributed by atoms with Gasteiger partial charge in [-0.05, 0) is 50.3 Å². The molecular formula is C15H21NO2. The van der Waals surface area contributed by atoms with Gasteiger partial charge in [-0.3, -0.25) is 4.79 Å². The molecule has 0 aliphatic carbocycles. The third-order valence-electron chi connectivity index (χ3n) is 3.93. The second-order valence-electron chi connectivity index (χ2n) is 5.30. The van der Waals surface area contributed by atoms with Crippen LogP contribution in [0.2, 0.25) is 0 Å². The molecule has 2 unspecified atom stereocenters. The van der Waals surface area contributed by atoms with Crippen molar-refractivity contribution in [2.45, 2.75) is 38.1 Å². The number of rotatable bonds is 2. The molecule has 1 fully saturated rings. The first-order chi connectivity index (χ1) is 8.57. The number of ether oxygens (including phenoxy) is 1. The summed E-state index contributed by atoms with van der Waals surface area (Å²) in [4.78, 5) is 11.9. The van der Waals surface area contributed by atoms with E-state index in [0.717, 1.165) is 19.4 Å². The third-order valence-corrected chi connectivity index (χ3v) is 3.93. The van der Waals surface area contributed by atoms with Gasteiger partial charge in [0, 0.05) is 0 Å². The topological polar surface area (TPSA) is 38.3 Å². The molecule has 3 heteroatoms. The molecule has 2 atom stereocenters. The number of hydrogen-bond acceptors (Lipinski definition) is 3. The van der Waals surface area contributed by atoms with Crippen LogP contribution >= 0.6 is 0 Å². The van der Waals surface area contributed by atoms with E-state index in [-0.39, 0.29) is 5.97 Å². The maximum atomic E-state index is 11.9. The largest absolute Gasteiger partial charge is 0.468 e. The highest BCUT2D eigenvalue weighted by atomic mass is 16.5. The fourth-order valence-electron chi connectivity index (χ4n) is 2.88. The number of nitrogens with one attached hydrogen (secondary N) is 1. The van der Waals surface area contributed by atoms with Crippen molar-refractivity contribution >= 4 is 5.97 Å². The van der Waals surface area contributed by atoms with Gasteiger partial charge in [-0.2, -0.15) is 0 Å². The van der Waals surface area contributed by atoms with Gasteiger partial charge in [0.25, 0.3) is 0 Å². The molecule has 0 amide bonds. The average molecular weight is 247 g/mol. The summed E-state index contributed by atoms with van der Waals surface area (Å²) >= 11 is 0. The Bertz CT molecular complexity index is 444. The zero-order valence-corrected chi connectivity index (χ0v) is 11.3. The number of aryl methyl sites for hydroxylation is 1. The fraction of sp³-hybridized carbons (Fsp3) is 0.533. The predicted octanol–water partition coefficient (Wildman–Crippen LogP) is 2.39. The van der Waals surface area contributed by atoms with Gasteiger partial charge < -0.3 is 10.1 Å². The minimum atomic E-state index is -0.556. The Morgan fingerprint density at radius 1 is 1.44 bits per heavy atom.